The maximum atomic E-state index is 13.1. The molecule has 4 rings (SSSR count). The number of hydrogen-bond acceptors (Lipinski definition) is 4. The minimum atomic E-state index is -4.66. The second-order valence-corrected chi connectivity index (χ2v) is 8.84. The Balaban J connectivity index is 1.45. The van der Waals surface area contributed by atoms with E-state index >= 15 is 0 Å². The first kappa shape index (κ1) is 24.8. The van der Waals surface area contributed by atoms with Crippen molar-refractivity contribution < 1.29 is 35.6 Å². The van der Waals surface area contributed by atoms with Crippen LogP contribution in [0.5, 0.6) is 0 Å². The zero-order valence-electron chi connectivity index (χ0n) is 17.3. The lowest BCUT2D eigenvalue weighted by Crippen LogP contribution is -2.10. The van der Waals surface area contributed by atoms with E-state index in [4.69, 9.17) is 16.0 Å². The topological polar surface area (TPSA) is 55.1 Å². The monoisotopic (exact) mass is 530 g/mol. The molecular formula is C23H13ClF6N2O2S. The van der Waals surface area contributed by atoms with E-state index in [0.29, 0.717) is 10.4 Å². The van der Waals surface area contributed by atoms with Crippen molar-refractivity contribution in [3.05, 3.63) is 93.1 Å². The van der Waals surface area contributed by atoms with Crippen molar-refractivity contribution in [3.63, 3.8) is 0 Å². The summed E-state index contributed by atoms with van der Waals surface area (Å²) >= 11 is 6.69. The fourth-order valence-corrected chi connectivity index (χ4v) is 4.24. The number of halogens is 7. The van der Waals surface area contributed by atoms with Crippen molar-refractivity contribution in [2.75, 3.05) is 5.32 Å². The first-order valence-electron chi connectivity index (χ1n) is 9.79. The molecule has 4 nitrogen and oxygen atoms in total. The van der Waals surface area contributed by atoms with Gasteiger partial charge in [0.15, 0.2) is 10.9 Å². The van der Waals surface area contributed by atoms with Crippen LogP contribution >= 0.6 is 22.9 Å². The van der Waals surface area contributed by atoms with Crippen LogP contribution < -0.4 is 5.32 Å². The number of anilines is 1. The number of benzene rings is 2. The molecule has 0 fully saturated rings. The van der Waals surface area contributed by atoms with Gasteiger partial charge >= 0.3 is 12.4 Å². The second kappa shape index (κ2) is 9.38. The van der Waals surface area contributed by atoms with Gasteiger partial charge in [-0.05, 0) is 42.0 Å². The van der Waals surface area contributed by atoms with Crippen LogP contribution in [-0.4, -0.2) is 10.9 Å². The summed E-state index contributed by atoms with van der Waals surface area (Å²) in [4.78, 5) is 17.2. The summed E-state index contributed by atoms with van der Waals surface area (Å²) in [6.07, 6.45) is -7.50. The van der Waals surface area contributed by atoms with E-state index in [-0.39, 0.29) is 28.6 Å². The lowest BCUT2D eigenvalue weighted by molar-refractivity contribution is -0.138. The van der Waals surface area contributed by atoms with E-state index in [0.717, 1.165) is 35.6 Å². The van der Waals surface area contributed by atoms with Crippen LogP contribution in [0.3, 0.4) is 0 Å². The van der Waals surface area contributed by atoms with Gasteiger partial charge in [0, 0.05) is 23.1 Å². The Labute approximate surface area is 203 Å². The molecule has 0 bridgehead atoms. The SMILES string of the molecule is O=C(Nc1ncc(Cc2cccc(C(F)(F)F)c2)s1)c1ccc(-c2ccc(Cl)c(C(F)(F)F)c2)o1. The van der Waals surface area contributed by atoms with Crippen LogP contribution in [0.4, 0.5) is 31.5 Å². The summed E-state index contributed by atoms with van der Waals surface area (Å²) in [5.74, 6) is -0.832. The first-order chi connectivity index (χ1) is 16.4. The summed E-state index contributed by atoms with van der Waals surface area (Å²) in [7, 11) is 0. The van der Waals surface area contributed by atoms with Gasteiger partial charge in [0.1, 0.15) is 5.76 Å². The van der Waals surface area contributed by atoms with Crippen molar-refractivity contribution in [1.82, 2.24) is 4.98 Å². The lowest BCUT2D eigenvalue weighted by atomic mass is 10.1. The molecule has 0 saturated carbocycles. The molecule has 0 atom stereocenters. The highest BCUT2D eigenvalue weighted by molar-refractivity contribution is 7.15. The predicted octanol–water partition coefficient (Wildman–Crippen LogP) is 7.94. The molecule has 0 radical (unpaired) electrons. The zero-order chi connectivity index (χ0) is 25.4. The molecule has 1 N–H and O–H groups in total. The van der Waals surface area contributed by atoms with Crippen LogP contribution in [0.1, 0.15) is 32.1 Å². The smallest absolute Gasteiger partial charge is 0.417 e. The van der Waals surface area contributed by atoms with Gasteiger partial charge < -0.3 is 4.42 Å². The third-order valence-corrected chi connectivity index (χ3v) is 6.04. The maximum Gasteiger partial charge on any atom is 0.417 e. The van der Waals surface area contributed by atoms with Crippen molar-refractivity contribution in [2.45, 2.75) is 18.8 Å². The number of aromatic nitrogens is 1. The van der Waals surface area contributed by atoms with Gasteiger partial charge in [0.2, 0.25) is 0 Å². The molecule has 0 saturated heterocycles. The number of hydrogen-bond donors (Lipinski definition) is 1. The molecule has 2 heterocycles. The average Bonchev–Trinajstić information content (AvgIpc) is 3.43. The number of carbonyl (C=O) groups is 1. The minimum absolute atomic E-state index is 0.0293. The fraction of sp³-hybridized carbons (Fsp3) is 0.130. The normalized spacial score (nSPS) is 12.1. The van der Waals surface area contributed by atoms with Crippen molar-refractivity contribution in [3.8, 4) is 11.3 Å². The number of nitrogens with zero attached hydrogens (tertiary/aromatic N) is 1. The Morgan fingerprint density at radius 3 is 2.49 bits per heavy atom. The van der Waals surface area contributed by atoms with E-state index in [2.05, 4.69) is 10.3 Å². The highest BCUT2D eigenvalue weighted by Gasteiger charge is 2.34. The van der Waals surface area contributed by atoms with E-state index in [1.165, 1.54) is 30.5 Å². The Hall–Kier alpha value is -3.31. The molecule has 0 spiro atoms. The molecule has 1 amide bonds. The van der Waals surface area contributed by atoms with E-state index in [9.17, 15) is 31.1 Å². The van der Waals surface area contributed by atoms with E-state index in [1.54, 1.807) is 6.07 Å². The van der Waals surface area contributed by atoms with Gasteiger partial charge in [0.25, 0.3) is 5.91 Å². The number of furan rings is 1. The quantitative estimate of drug-likeness (QED) is 0.266. The highest BCUT2D eigenvalue weighted by atomic mass is 35.5. The number of rotatable bonds is 5. The number of carbonyl (C=O) groups excluding carboxylic acids is 1. The zero-order valence-corrected chi connectivity index (χ0v) is 18.9. The number of thiazole rings is 1. The fourth-order valence-electron chi connectivity index (χ4n) is 3.18. The molecular weight excluding hydrogens is 518 g/mol. The Kier molecular flexibility index (Phi) is 6.65. The van der Waals surface area contributed by atoms with Crippen LogP contribution in [0.15, 0.2) is 65.2 Å². The molecule has 182 valence electrons. The summed E-state index contributed by atoms with van der Waals surface area (Å²) < 4.78 is 83.4. The van der Waals surface area contributed by atoms with Crippen LogP contribution in [0.25, 0.3) is 11.3 Å². The number of amides is 1. The number of nitrogens with one attached hydrogen (secondary N) is 1. The molecule has 12 heteroatoms. The van der Waals surface area contributed by atoms with Gasteiger partial charge in [-0.2, -0.15) is 26.3 Å². The van der Waals surface area contributed by atoms with E-state index < -0.39 is 34.4 Å². The summed E-state index contributed by atoms with van der Waals surface area (Å²) in [6, 6.07) is 10.8. The Morgan fingerprint density at radius 1 is 1.00 bits per heavy atom. The third-order valence-electron chi connectivity index (χ3n) is 4.79. The second-order valence-electron chi connectivity index (χ2n) is 7.32. The third kappa shape index (κ3) is 5.85. The Morgan fingerprint density at radius 2 is 1.77 bits per heavy atom. The molecule has 0 aliphatic carbocycles. The van der Waals surface area contributed by atoms with Crippen molar-refractivity contribution in [1.29, 1.82) is 0 Å². The molecule has 0 aliphatic heterocycles. The van der Waals surface area contributed by atoms with Crippen LogP contribution in [0.2, 0.25) is 5.02 Å². The largest absolute Gasteiger partial charge is 0.451 e. The van der Waals surface area contributed by atoms with Crippen LogP contribution in [-0.2, 0) is 18.8 Å². The van der Waals surface area contributed by atoms with Gasteiger partial charge in [-0.1, -0.05) is 29.8 Å². The summed E-state index contributed by atoms with van der Waals surface area (Å²) in [6.45, 7) is 0. The summed E-state index contributed by atoms with van der Waals surface area (Å²) in [5, 5.41) is 2.22. The summed E-state index contributed by atoms with van der Waals surface area (Å²) in [5.41, 5.74) is -1.28. The molecule has 4 aromatic rings. The van der Waals surface area contributed by atoms with Crippen molar-refractivity contribution >= 4 is 34.0 Å². The lowest BCUT2D eigenvalue weighted by Gasteiger charge is -2.09. The predicted molar refractivity (Wildman–Crippen MR) is 118 cm³/mol. The molecule has 0 unspecified atom stereocenters. The maximum absolute atomic E-state index is 13.1. The standard InChI is InChI=1S/C23H13ClF6N2O2S/c24-17-5-4-13(10-16(17)23(28,29)30)18-6-7-19(34-18)20(33)32-21-31-11-15(35-21)9-12-2-1-3-14(8-12)22(25,26)27/h1-8,10-11H,9H2,(H,31,32,33). The first-order valence-corrected chi connectivity index (χ1v) is 11.0. The van der Waals surface area contributed by atoms with Gasteiger partial charge in [0.05, 0.1) is 16.1 Å². The highest BCUT2D eigenvalue weighted by Crippen LogP contribution is 2.37. The van der Waals surface area contributed by atoms with E-state index in [1.807, 2.05) is 0 Å². The van der Waals surface area contributed by atoms with Gasteiger partial charge in [-0.25, -0.2) is 4.98 Å². The van der Waals surface area contributed by atoms with Gasteiger partial charge in [-0.15, -0.1) is 11.3 Å². The van der Waals surface area contributed by atoms with Crippen LogP contribution in [0, 0.1) is 0 Å². The number of alkyl halides is 6. The average molecular weight is 531 g/mol. The van der Waals surface area contributed by atoms with Gasteiger partial charge in [-0.3, -0.25) is 10.1 Å². The molecule has 2 aromatic heterocycles. The Bertz CT molecular complexity index is 1380. The molecule has 2 aromatic carbocycles. The molecule has 35 heavy (non-hydrogen) atoms. The minimum Gasteiger partial charge on any atom is -0.451 e. The molecule has 0 aliphatic rings. The van der Waals surface area contributed by atoms with Crippen molar-refractivity contribution in [2.24, 2.45) is 0 Å².